The fourth-order valence-corrected chi connectivity index (χ4v) is 0.679. The Kier molecular flexibility index (Phi) is 2.68. The third-order valence-corrected chi connectivity index (χ3v) is 1.16. The van der Waals surface area contributed by atoms with Gasteiger partial charge in [0.2, 0.25) is 5.88 Å². The first kappa shape index (κ1) is 7.81. The van der Waals surface area contributed by atoms with Gasteiger partial charge in [0, 0.05) is 12.7 Å². The summed E-state index contributed by atoms with van der Waals surface area (Å²) in [6, 6.07) is 3.49. The summed E-state index contributed by atoms with van der Waals surface area (Å²) in [4.78, 5) is 3.91. The van der Waals surface area contributed by atoms with Crippen LogP contribution in [0.5, 0.6) is 5.88 Å². The summed E-state index contributed by atoms with van der Waals surface area (Å²) in [7, 11) is 0. The van der Waals surface area contributed by atoms with Crippen LogP contribution in [0.15, 0.2) is 18.3 Å². The van der Waals surface area contributed by atoms with Crippen LogP contribution >= 0.6 is 0 Å². The molecule has 0 fully saturated rings. The lowest BCUT2D eigenvalue weighted by atomic mass is 10.4. The Balaban J connectivity index is 2.62. The maximum atomic E-state index is 5.53. The van der Waals surface area contributed by atoms with E-state index in [0.29, 0.717) is 24.7 Å². The van der Waals surface area contributed by atoms with Gasteiger partial charge in [-0.05, 0) is 12.1 Å². The summed E-state index contributed by atoms with van der Waals surface area (Å²) in [5, 5.41) is 0. The minimum absolute atomic E-state index is 0.446. The number of nitrogen functional groups attached to an aromatic ring is 1. The van der Waals surface area contributed by atoms with Crippen molar-refractivity contribution in [3.63, 3.8) is 0 Å². The van der Waals surface area contributed by atoms with E-state index in [-0.39, 0.29) is 0 Å². The van der Waals surface area contributed by atoms with Crippen LogP contribution in [0.1, 0.15) is 0 Å². The van der Waals surface area contributed by atoms with Crippen molar-refractivity contribution in [3.8, 4) is 5.88 Å². The third-order valence-electron chi connectivity index (χ3n) is 1.16. The fraction of sp³-hybridized carbons (Fsp3) is 0.286. The van der Waals surface area contributed by atoms with E-state index in [0.717, 1.165) is 0 Å². The molecule has 0 radical (unpaired) electrons. The van der Waals surface area contributed by atoms with Crippen molar-refractivity contribution in [3.05, 3.63) is 18.3 Å². The first-order valence-corrected chi connectivity index (χ1v) is 3.38. The van der Waals surface area contributed by atoms with Crippen LogP contribution in [0.25, 0.3) is 0 Å². The Hall–Kier alpha value is -1.29. The van der Waals surface area contributed by atoms with E-state index < -0.39 is 0 Å². The Bertz CT molecular complexity index is 227. The highest BCUT2D eigenvalue weighted by Crippen LogP contribution is 2.14. The van der Waals surface area contributed by atoms with E-state index in [1.54, 1.807) is 18.3 Å². The summed E-state index contributed by atoms with van der Waals surface area (Å²) in [6.07, 6.45) is 1.63. The summed E-state index contributed by atoms with van der Waals surface area (Å²) in [5.74, 6) is 0.456. The number of pyridine rings is 1. The molecule has 0 aliphatic rings. The van der Waals surface area contributed by atoms with Crippen LogP contribution < -0.4 is 16.2 Å². The molecule has 4 nitrogen and oxygen atoms in total. The lowest BCUT2D eigenvalue weighted by molar-refractivity contribution is 0.317. The van der Waals surface area contributed by atoms with Crippen LogP contribution in [0.4, 0.5) is 5.69 Å². The number of aromatic nitrogens is 1. The first-order chi connectivity index (χ1) is 5.34. The molecular weight excluding hydrogens is 142 g/mol. The van der Waals surface area contributed by atoms with Crippen LogP contribution in [0.2, 0.25) is 0 Å². The van der Waals surface area contributed by atoms with Crippen molar-refractivity contribution in [2.75, 3.05) is 18.9 Å². The summed E-state index contributed by atoms with van der Waals surface area (Å²) >= 11 is 0. The van der Waals surface area contributed by atoms with Gasteiger partial charge in [0.15, 0.2) is 0 Å². The minimum Gasteiger partial charge on any atom is -0.475 e. The van der Waals surface area contributed by atoms with Crippen molar-refractivity contribution in [1.82, 2.24) is 4.98 Å². The summed E-state index contributed by atoms with van der Waals surface area (Å²) in [6.45, 7) is 0.914. The molecule has 0 atom stereocenters. The van der Waals surface area contributed by atoms with E-state index in [2.05, 4.69) is 4.98 Å². The Morgan fingerprint density at radius 3 is 3.00 bits per heavy atom. The second-order valence-corrected chi connectivity index (χ2v) is 2.03. The number of hydrogen-bond donors (Lipinski definition) is 2. The fourth-order valence-electron chi connectivity index (χ4n) is 0.679. The van der Waals surface area contributed by atoms with Gasteiger partial charge in [0.05, 0.1) is 5.69 Å². The summed E-state index contributed by atoms with van der Waals surface area (Å²) in [5.41, 5.74) is 11.3. The average Bonchev–Trinajstić information content (AvgIpc) is 2.03. The molecule has 0 aliphatic heterocycles. The van der Waals surface area contributed by atoms with Gasteiger partial charge in [-0.15, -0.1) is 0 Å². The van der Waals surface area contributed by atoms with Crippen LogP contribution in [0.3, 0.4) is 0 Å². The lowest BCUT2D eigenvalue weighted by Crippen LogP contribution is -2.12. The second-order valence-electron chi connectivity index (χ2n) is 2.03. The normalized spacial score (nSPS) is 9.55. The van der Waals surface area contributed by atoms with Crippen molar-refractivity contribution >= 4 is 5.69 Å². The molecule has 60 valence electrons. The molecule has 0 bridgehead atoms. The molecule has 0 unspecified atom stereocenters. The van der Waals surface area contributed by atoms with Crippen molar-refractivity contribution in [1.29, 1.82) is 0 Å². The number of hydrogen-bond acceptors (Lipinski definition) is 4. The Morgan fingerprint density at radius 2 is 2.36 bits per heavy atom. The highest BCUT2D eigenvalue weighted by molar-refractivity contribution is 5.46. The SMILES string of the molecule is NCCOc1ncccc1N. The highest BCUT2D eigenvalue weighted by Gasteiger charge is 1.97. The Labute approximate surface area is 65.2 Å². The molecule has 0 saturated heterocycles. The smallest absolute Gasteiger partial charge is 0.237 e. The number of rotatable bonds is 3. The molecule has 1 aromatic heterocycles. The molecule has 4 N–H and O–H groups in total. The molecule has 1 heterocycles. The zero-order valence-corrected chi connectivity index (χ0v) is 6.16. The van der Waals surface area contributed by atoms with E-state index in [9.17, 15) is 0 Å². The lowest BCUT2D eigenvalue weighted by Gasteiger charge is -2.04. The van der Waals surface area contributed by atoms with Crippen molar-refractivity contribution in [2.45, 2.75) is 0 Å². The number of anilines is 1. The van der Waals surface area contributed by atoms with Gasteiger partial charge in [-0.1, -0.05) is 0 Å². The van der Waals surface area contributed by atoms with Crippen LogP contribution in [-0.4, -0.2) is 18.1 Å². The standard InChI is InChI=1S/C7H11N3O/c8-3-5-11-7-6(9)2-1-4-10-7/h1-2,4H,3,5,8-9H2. The predicted octanol–water partition coefficient (Wildman–Crippen LogP) is 0.00130. The molecule has 0 aromatic carbocycles. The molecule has 0 saturated carbocycles. The zero-order chi connectivity index (χ0) is 8.10. The first-order valence-electron chi connectivity index (χ1n) is 3.38. The summed E-state index contributed by atoms with van der Waals surface area (Å²) < 4.78 is 5.12. The largest absolute Gasteiger partial charge is 0.475 e. The van der Waals surface area contributed by atoms with Crippen LogP contribution in [-0.2, 0) is 0 Å². The molecule has 1 aromatic rings. The second kappa shape index (κ2) is 3.78. The van der Waals surface area contributed by atoms with Gasteiger partial charge < -0.3 is 16.2 Å². The minimum atomic E-state index is 0.446. The van der Waals surface area contributed by atoms with Crippen molar-refractivity contribution < 1.29 is 4.74 Å². The van der Waals surface area contributed by atoms with E-state index >= 15 is 0 Å². The maximum Gasteiger partial charge on any atom is 0.237 e. The van der Waals surface area contributed by atoms with E-state index in [1.165, 1.54) is 0 Å². The monoisotopic (exact) mass is 153 g/mol. The van der Waals surface area contributed by atoms with E-state index in [4.69, 9.17) is 16.2 Å². The topological polar surface area (TPSA) is 74.2 Å². The van der Waals surface area contributed by atoms with E-state index in [1.807, 2.05) is 0 Å². The van der Waals surface area contributed by atoms with Gasteiger partial charge >= 0.3 is 0 Å². The van der Waals surface area contributed by atoms with Gasteiger partial charge in [0.25, 0.3) is 0 Å². The average molecular weight is 153 g/mol. The molecule has 0 spiro atoms. The Morgan fingerprint density at radius 1 is 1.55 bits per heavy atom. The molecule has 0 amide bonds. The molecular formula is C7H11N3O. The van der Waals surface area contributed by atoms with Gasteiger partial charge in [0.1, 0.15) is 6.61 Å². The number of nitrogens with zero attached hydrogens (tertiary/aromatic N) is 1. The van der Waals surface area contributed by atoms with Gasteiger partial charge in [-0.2, -0.15) is 0 Å². The predicted molar refractivity (Wildman–Crippen MR) is 43.2 cm³/mol. The maximum absolute atomic E-state index is 5.53. The zero-order valence-electron chi connectivity index (χ0n) is 6.16. The number of nitrogens with two attached hydrogens (primary N) is 2. The molecule has 11 heavy (non-hydrogen) atoms. The van der Waals surface area contributed by atoms with Gasteiger partial charge in [-0.3, -0.25) is 0 Å². The highest BCUT2D eigenvalue weighted by atomic mass is 16.5. The molecule has 4 heteroatoms. The quantitative estimate of drug-likeness (QED) is 0.641. The molecule has 1 rings (SSSR count). The van der Waals surface area contributed by atoms with Gasteiger partial charge in [-0.25, -0.2) is 4.98 Å². The van der Waals surface area contributed by atoms with Crippen molar-refractivity contribution in [2.24, 2.45) is 5.73 Å². The third kappa shape index (κ3) is 2.09. The molecule has 0 aliphatic carbocycles. The van der Waals surface area contributed by atoms with Crippen LogP contribution in [0, 0.1) is 0 Å². The number of ether oxygens (including phenoxy) is 1.